The molecule has 2 aromatic rings. The summed E-state index contributed by atoms with van der Waals surface area (Å²) in [7, 11) is 0. The van der Waals surface area contributed by atoms with Gasteiger partial charge in [-0.25, -0.2) is 4.98 Å². The van der Waals surface area contributed by atoms with Gasteiger partial charge >= 0.3 is 0 Å². The number of aromatic nitrogens is 2. The standard InChI is InChI=1S/C19H25N3O/c1-12(2)15-6-8-16(9-7-15)18(13(3)4)22-19(23)17-11-20-14(5)10-21-17/h6-13,18H,1-5H3,(H,22,23). The van der Waals surface area contributed by atoms with Gasteiger partial charge in [0.2, 0.25) is 0 Å². The third-order valence-corrected chi connectivity index (χ3v) is 3.93. The summed E-state index contributed by atoms with van der Waals surface area (Å²) >= 11 is 0. The first-order valence-corrected chi connectivity index (χ1v) is 8.08. The van der Waals surface area contributed by atoms with Crippen LogP contribution in [0.5, 0.6) is 0 Å². The van der Waals surface area contributed by atoms with Gasteiger partial charge in [0.1, 0.15) is 5.69 Å². The lowest BCUT2D eigenvalue weighted by Crippen LogP contribution is -2.32. The van der Waals surface area contributed by atoms with Crippen LogP contribution in [0.2, 0.25) is 0 Å². The maximum atomic E-state index is 12.4. The maximum Gasteiger partial charge on any atom is 0.271 e. The minimum absolute atomic E-state index is 0.0492. The number of hydrogen-bond donors (Lipinski definition) is 1. The van der Waals surface area contributed by atoms with Crippen molar-refractivity contribution in [3.63, 3.8) is 0 Å². The third kappa shape index (κ3) is 4.38. The lowest BCUT2D eigenvalue weighted by molar-refractivity contribution is 0.0920. The molecule has 1 aromatic heterocycles. The van der Waals surface area contributed by atoms with Crippen molar-refractivity contribution in [2.75, 3.05) is 0 Å². The van der Waals surface area contributed by atoms with E-state index in [-0.39, 0.29) is 17.9 Å². The molecule has 0 aliphatic rings. The predicted molar refractivity (Wildman–Crippen MR) is 92.3 cm³/mol. The zero-order valence-electron chi connectivity index (χ0n) is 14.5. The Kier molecular flexibility index (Phi) is 5.48. The average molecular weight is 311 g/mol. The van der Waals surface area contributed by atoms with E-state index < -0.39 is 0 Å². The molecular weight excluding hydrogens is 286 g/mol. The van der Waals surface area contributed by atoms with Gasteiger partial charge in [-0.05, 0) is 29.9 Å². The van der Waals surface area contributed by atoms with Crippen molar-refractivity contribution in [2.24, 2.45) is 5.92 Å². The Labute approximate surface area is 138 Å². The number of carbonyl (C=O) groups excluding carboxylic acids is 1. The van der Waals surface area contributed by atoms with Crippen LogP contribution in [0.4, 0.5) is 0 Å². The van der Waals surface area contributed by atoms with Gasteiger partial charge in [0.25, 0.3) is 5.91 Å². The van der Waals surface area contributed by atoms with Crippen LogP contribution in [0.25, 0.3) is 0 Å². The molecule has 1 heterocycles. The largest absolute Gasteiger partial charge is 0.344 e. The van der Waals surface area contributed by atoms with Crippen molar-refractivity contribution in [1.29, 1.82) is 0 Å². The Morgan fingerprint density at radius 1 is 0.957 bits per heavy atom. The van der Waals surface area contributed by atoms with Crippen LogP contribution in [0.1, 0.15) is 67.0 Å². The summed E-state index contributed by atoms with van der Waals surface area (Å²) in [6, 6.07) is 8.41. The molecule has 23 heavy (non-hydrogen) atoms. The molecule has 0 aliphatic carbocycles. The molecule has 1 amide bonds. The fourth-order valence-corrected chi connectivity index (χ4v) is 2.45. The van der Waals surface area contributed by atoms with Gasteiger partial charge in [-0.1, -0.05) is 52.0 Å². The zero-order valence-corrected chi connectivity index (χ0v) is 14.5. The quantitative estimate of drug-likeness (QED) is 0.907. The summed E-state index contributed by atoms with van der Waals surface area (Å²) in [5.41, 5.74) is 3.55. The fourth-order valence-electron chi connectivity index (χ4n) is 2.45. The molecule has 4 nitrogen and oxygen atoms in total. The van der Waals surface area contributed by atoms with Gasteiger partial charge in [0.15, 0.2) is 0 Å². The number of amides is 1. The Morgan fingerprint density at radius 2 is 1.57 bits per heavy atom. The summed E-state index contributed by atoms with van der Waals surface area (Å²) in [6.07, 6.45) is 3.13. The summed E-state index contributed by atoms with van der Waals surface area (Å²) in [5, 5.41) is 3.08. The lowest BCUT2D eigenvalue weighted by Gasteiger charge is -2.23. The second-order valence-electron chi connectivity index (χ2n) is 6.56. The summed E-state index contributed by atoms with van der Waals surface area (Å²) in [5.74, 6) is 0.588. The van der Waals surface area contributed by atoms with Crippen LogP contribution in [-0.2, 0) is 0 Å². The van der Waals surface area contributed by atoms with E-state index in [1.807, 2.05) is 6.92 Å². The van der Waals surface area contributed by atoms with E-state index in [9.17, 15) is 4.79 Å². The highest BCUT2D eigenvalue weighted by Crippen LogP contribution is 2.24. The van der Waals surface area contributed by atoms with Crippen LogP contribution in [0.3, 0.4) is 0 Å². The summed E-state index contributed by atoms with van der Waals surface area (Å²) in [4.78, 5) is 20.7. The van der Waals surface area contributed by atoms with Crippen molar-refractivity contribution in [3.8, 4) is 0 Å². The fraction of sp³-hybridized carbons (Fsp3) is 0.421. The van der Waals surface area contributed by atoms with Gasteiger partial charge in [-0.15, -0.1) is 0 Å². The molecule has 0 spiro atoms. The number of hydrogen-bond acceptors (Lipinski definition) is 3. The average Bonchev–Trinajstić information content (AvgIpc) is 2.53. The first-order valence-electron chi connectivity index (χ1n) is 8.08. The van der Waals surface area contributed by atoms with Gasteiger partial charge in [0.05, 0.1) is 17.9 Å². The highest BCUT2D eigenvalue weighted by atomic mass is 16.1. The van der Waals surface area contributed by atoms with E-state index in [1.165, 1.54) is 11.8 Å². The minimum atomic E-state index is -0.191. The third-order valence-electron chi connectivity index (χ3n) is 3.93. The molecule has 122 valence electrons. The van der Waals surface area contributed by atoms with Gasteiger partial charge in [0, 0.05) is 6.20 Å². The van der Waals surface area contributed by atoms with E-state index in [2.05, 4.69) is 67.2 Å². The van der Waals surface area contributed by atoms with E-state index in [4.69, 9.17) is 0 Å². The number of nitrogens with one attached hydrogen (secondary N) is 1. The number of aryl methyl sites for hydroxylation is 1. The SMILES string of the molecule is Cc1cnc(C(=O)NC(c2ccc(C(C)C)cc2)C(C)C)cn1. The van der Waals surface area contributed by atoms with E-state index in [1.54, 1.807) is 6.20 Å². The molecule has 1 N–H and O–H groups in total. The normalized spacial score (nSPS) is 12.5. The molecule has 0 fully saturated rings. The Bertz CT molecular complexity index is 645. The smallest absolute Gasteiger partial charge is 0.271 e. The van der Waals surface area contributed by atoms with Gasteiger partial charge in [-0.3, -0.25) is 9.78 Å². The van der Waals surface area contributed by atoms with Crippen molar-refractivity contribution < 1.29 is 4.79 Å². The van der Waals surface area contributed by atoms with E-state index in [0.29, 0.717) is 11.6 Å². The molecular formula is C19H25N3O. The molecule has 0 radical (unpaired) electrons. The molecule has 2 rings (SSSR count). The van der Waals surface area contributed by atoms with Crippen LogP contribution in [0, 0.1) is 12.8 Å². The molecule has 1 atom stereocenters. The molecule has 0 saturated heterocycles. The summed E-state index contributed by atoms with van der Waals surface area (Å²) < 4.78 is 0. The molecule has 4 heteroatoms. The Morgan fingerprint density at radius 3 is 2.04 bits per heavy atom. The number of benzene rings is 1. The maximum absolute atomic E-state index is 12.4. The van der Waals surface area contributed by atoms with Crippen LogP contribution < -0.4 is 5.32 Å². The Hall–Kier alpha value is -2.23. The lowest BCUT2D eigenvalue weighted by atomic mass is 9.93. The molecule has 0 aliphatic heterocycles. The van der Waals surface area contributed by atoms with Gasteiger partial charge < -0.3 is 5.32 Å². The van der Waals surface area contributed by atoms with Crippen LogP contribution in [-0.4, -0.2) is 15.9 Å². The topological polar surface area (TPSA) is 54.9 Å². The molecule has 1 aromatic carbocycles. The van der Waals surface area contributed by atoms with Crippen molar-refractivity contribution in [1.82, 2.24) is 15.3 Å². The summed E-state index contributed by atoms with van der Waals surface area (Å²) in [6.45, 7) is 10.4. The van der Waals surface area contributed by atoms with Crippen LogP contribution >= 0.6 is 0 Å². The van der Waals surface area contributed by atoms with Crippen LogP contribution in [0.15, 0.2) is 36.7 Å². The molecule has 0 saturated carbocycles. The van der Waals surface area contributed by atoms with E-state index in [0.717, 1.165) is 11.3 Å². The van der Waals surface area contributed by atoms with E-state index >= 15 is 0 Å². The van der Waals surface area contributed by atoms with Crippen molar-refractivity contribution in [3.05, 3.63) is 59.2 Å². The first-order chi connectivity index (χ1) is 10.9. The van der Waals surface area contributed by atoms with Crippen molar-refractivity contribution >= 4 is 5.91 Å². The minimum Gasteiger partial charge on any atom is -0.344 e. The monoisotopic (exact) mass is 311 g/mol. The highest BCUT2D eigenvalue weighted by molar-refractivity contribution is 5.92. The second kappa shape index (κ2) is 7.36. The first kappa shape index (κ1) is 17.1. The molecule has 0 bridgehead atoms. The number of carbonyl (C=O) groups is 1. The highest BCUT2D eigenvalue weighted by Gasteiger charge is 2.20. The molecule has 1 unspecified atom stereocenters. The zero-order chi connectivity index (χ0) is 17.0. The number of nitrogens with zero attached hydrogens (tertiary/aromatic N) is 2. The number of rotatable bonds is 5. The van der Waals surface area contributed by atoms with Crippen molar-refractivity contribution in [2.45, 2.75) is 46.6 Å². The predicted octanol–water partition coefficient (Wildman–Crippen LogP) is 4.04. The Balaban J connectivity index is 2.18. The second-order valence-corrected chi connectivity index (χ2v) is 6.56. The van der Waals surface area contributed by atoms with Gasteiger partial charge in [-0.2, -0.15) is 0 Å².